The van der Waals surface area contributed by atoms with Gasteiger partial charge in [-0.3, -0.25) is 9.13 Å². The Balaban J connectivity index is 3.56. The summed E-state index contributed by atoms with van der Waals surface area (Å²) in [5, 5.41) is 6.76. The number of benzene rings is 1. The van der Waals surface area contributed by atoms with Crippen molar-refractivity contribution in [2.24, 2.45) is 0 Å². The minimum Gasteiger partial charge on any atom is -0.483 e. The van der Waals surface area contributed by atoms with Crippen molar-refractivity contribution in [2.45, 2.75) is 37.4 Å². The van der Waals surface area contributed by atoms with Gasteiger partial charge in [-0.05, 0) is 25.0 Å². The molecule has 1 aromatic rings. The first-order valence-corrected chi connectivity index (χ1v) is 9.75. The first-order valence-electron chi connectivity index (χ1n) is 6.53. The van der Waals surface area contributed by atoms with E-state index in [1.165, 1.54) is 26.0 Å². The molecule has 0 spiro atoms. The fraction of sp³-hybridized carbons (Fsp3) is 0.500. The topological polar surface area (TPSA) is 145 Å². The quantitative estimate of drug-likeness (QED) is 0.465. The first kappa shape index (κ1) is 19.3. The average Bonchev–Trinajstić information content (AvgIpc) is 2.42. The molecule has 126 valence electrons. The lowest BCUT2D eigenvalue weighted by atomic mass is 9.97. The molecule has 0 bridgehead atoms. The van der Waals surface area contributed by atoms with E-state index in [1.807, 2.05) is 0 Å². The van der Waals surface area contributed by atoms with E-state index in [0.29, 0.717) is 0 Å². The molecule has 10 heteroatoms. The number of rotatable bonds is 7. The molecule has 0 saturated heterocycles. The van der Waals surface area contributed by atoms with Crippen LogP contribution >= 0.6 is 15.2 Å². The molecule has 5 N–H and O–H groups in total. The van der Waals surface area contributed by atoms with E-state index >= 15 is 0 Å². The summed E-state index contributed by atoms with van der Waals surface area (Å²) in [7, 11) is -11.3. The second-order valence-electron chi connectivity index (χ2n) is 4.84. The van der Waals surface area contributed by atoms with Gasteiger partial charge in [-0.15, -0.1) is 0 Å². The van der Waals surface area contributed by atoms with Crippen LogP contribution in [-0.2, 0) is 9.13 Å². The van der Waals surface area contributed by atoms with E-state index in [9.17, 15) is 33.8 Å². The van der Waals surface area contributed by atoms with Crippen LogP contribution in [0.3, 0.4) is 0 Å². The Morgan fingerprint density at radius 2 is 1.36 bits per heavy atom. The van der Waals surface area contributed by atoms with E-state index in [0.717, 1.165) is 0 Å². The van der Waals surface area contributed by atoms with E-state index in [1.54, 1.807) is 18.2 Å². The number of hydrogen-bond acceptors (Lipinski definition) is 4. The zero-order valence-electron chi connectivity index (χ0n) is 12.2. The van der Waals surface area contributed by atoms with Gasteiger partial charge < -0.3 is 29.4 Å². The minimum atomic E-state index is -5.63. The molecule has 0 aliphatic heterocycles. The van der Waals surface area contributed by atoms with Crippen LogP contribution in [0.2, 0.25) is 0 Å². The average molecular weight is 354 g/mol. The SMILES string of the molecule is CCC(CC)(Oc1ccccc1)C(O)(P(=O)(O)O)P(=O)(O)O. The van der Waals surface area contributed by atoms with Gasteiger partial charge in [0, 0.05) is 0 Å². The molecular formula is C12H20O8P2. The van der Waals surface area contributed by atoms with E-state index in [4.69, 9.17) is 4.74 Å². The highest BCUT2D eigenvalue weighted by Gasteiger charge is 2.72. The number of para-hydroxylation sites is 1. The summed E-state index contributed by atoms with van der Waals surface area (Å²) < 4.78 is 28.9. The van der Waals surface area contributed by atoms with Gasteiger partial charge in [0.15, 0.2) is 5.60 Å². The number of ether oxygens (including phenoxy) is 1. The zero-order valence-corrected chi connectivity index (χ0v) is 13.9. The van der Waals surface area contributed by atoms with Crippen LogP contribution in [-0.4, -0.2) is 35.4 Å². The van der Waals surface area contributed by atoms with Gasteiger partial charge in [-0.2, -0.15) is 0 Å². The Bertz CT molecular complexity index is 564. The van der Waals surface area contributed by atoms with Crippen molar-refractivity contribution in [3.05, 3.63) is 30.3 Å². The second-order valence-corrected chi connectivity index (χ2v) is 8.66. The summed E-state index contributed by atoms with van der Waals surface area (Å²) in [5.74, 6) is 0.131. The van der Waals surface area contributed by atoms with Crippen molar-refractivity contribution >= 4 is 15.2 Å². The molecular weight excluding hydrogens is 334 g/mol. The van der Waals surface area contributed by atoms with Gasteiger partial charge in [-0.1, -0.05) is 32.0 Å². The molecule has 0 amide bonds. The molecule has 0 unspecified atom stereocenters. The fourth-order valence-electron chi connectivity index (χ4n) is 2.35. The van der Waals surface area contributed by atoms with Gasteiger partial charge in [0.2, 0.25) is 0 Å². The normalized spacial score (nSPS) is 14.0. The van der Waals surface area contributed by atoms with Gasteiger partial charge >= 0.3 is 20.3 Å². The van der Waals surface area contributed by atoms with E-state index in [2.05, 4.69) is 0 Å². The summed E-state index contributed by atoms with van der Waals surface area (Å²) in [6.45, 7) is 2.84. The molecule has 0 aliphatic carbocycles. The maximum absolute atomic E-state index is 11.7. The molecule has 0 radical (unpaired) electrons. The zero-order chi connectivity index (χ0) is 17.2. The van der Waals surface area contributed by atoms with Crippen LogP contribution in [0.25, 0.3) is 0 Å². The van der Waals surface area contributed by atoms with E-state index < -0.39 is 25.9 Å². The summed E-state index contributed by atoms with van der Waals surface area (Å²) in [6.07, 6.45) is -0.462. The Labute approximate surface area is 128 Å². The molecule has 1 rings (SSSR count). The monoisotopic (exact) mass is 354 g/mol. The number of hydrogen-bond donors (Lipinski definition) is 5. The lowest BCUT2D eigenvalue weighted by Gasteiger charge is -2.45. The Morgan fingerprint density at radius 1 is 0.955 bits per heavy atom. The van der Waals surface area contributed by atoms with Crippen molar-refractivity contribution in [2.75, 3.05) is 0 Å². The van der Waals surface area contributed by atoms with Crippen molar-refractivity contribution < 1.29 is 38.5 Å². The number of aliphatic hydroxyl groups is 1. The summed E-state index contributed by atoms with van der Waals surface area (Å²) in [4.78, 5) is 37.7. The van der Waals surface area contributed by atoms with Crippen LogP contribution < -0.4 is 4.74 Å². The molecule has 0 heterocycles. The molecule has 0 saturated carbocycles. The van der Waals surface area contributed by atoms with Crippen LogP contribution in [0.5, 0.6) is 5.75 Å². The summed E-state index contributed by atoms with van der Waals surface area (Å²) in [5.41, 5.74) is -2.16. The highest BCUT2D eigenvalue weighted by atomic mass is 31.2. The molecule has 0 atom stereocenters. The Hall–Kier alpha value is -0.720. The molecule has 8 nitrogen and oxygen atoms in total. The van der Waals surface area contributed by atoms with Crippen LogP contribution in [0.1, 0.15) is 26.7 Å². The van der Waals surface area contributed by atoms with Crippen LogP contribution in [0, 0.1) is 0 Å². The lowest BCUT2D eigenvalue weighted by molar-refractivity contribution is -0.0658. The first-order chi connectivity index (χ1) is 9.95. The van der Waals surface area contributed by atoms with Crippen LogP contribution in [0.15, 0.2) is 30.3 Å². The summed E-state index contributed by atoms with van der Waals surface area (Å²) >= 11 is 0. The third-order valence-electron chi connectivity index (χ3n) is 3.62. The predicted octanol–water partition coefficient (Wildman–Crippen LogP) is 1.63. The molecule has 0 fully saturated rings. The van der Waals surface area contributed by atoms with E-state index in [-0.39, 0.29) is 18.6 Å². The maximum atomic E-state index is 11.7. The smallest absolute Gasteiger partial charge is 0.373 e. The highest BCUT2D eigenvalue weighted by Crippen LogP contribution is 2.73. The highest BCUT2D eigenvalue weighted by molar-refractivity contribution is 7.72. The van der Waals surface area contributed by atoms with Gasteiger partial charge in [0.25, 0.3) is 0 Å². The van der Waals surface area contributed by atoms with Crippen molar-refractivity contribution in [3.8, 4) is 5.75 Å². The van der Waals surface area contributed by atoms with Gasteiger partial charge in [-0.25, -0.2) is 0 Å². The van der Waals surface area contributed by atoms with Crippen molar-refractivity contribution in [1.82, 2.24) is 0 Å². The largest absolute Gasteiger partial charge is 0.483 e. The molecule has 22 heavy (non-hydrogen) atoms. The molecule has 1 aromatic carbocycles. The minimum absolute atomic E-state index is 0.131. The van der Waals surface area contributed by atoms with Gasteiger partial charge in [0.05, 0.1) is 0 Å². The third-order valence-corrected chi connectivity index (χ3v) is 7.63. The predicted molar refractivity (Wildman–Crippen MR) is 79.4 cm³/mol. The summed E-state index contributed by atoms with van der Waals surface area (Å²) in [6, 6.07) is 7.75. The third kappa shape index (κ3) is 3.14. The van der Waals surface area contributed by atoms with Crippen molar-refractivity contribution in [3.63, 3.8) is 0 Å². The van der Waals surface area contributed by atoms with Crippen molar-refractivity contribution in [1.29, 1.82) is 0 Å². The molecule has 0 aromatic heterocycles. The fourth-order valence-corrected chi connectivity index (χ4v) is 5.49. The van der Waals surface area contributed by atoms with Gasteiger partial charge in [0.1, 0.15) is 5.75 Å². The Morgan fingerprint density at radius 3 is 1.68 bits per heavy atom. The maximum Gasteiger partial charge on any atom is 0.373 e. The second kappa shape index (κ2) is 6.42. The Kier molecular flexibility index (Phi) is 5.64. The molecule has 0 aliphatic rings. The lowest BCUT2D eigenvalue weighted by Crippen LogP contribution is -2.56. The standard InChI is InChI=1S/C12H20O8P2/c1-3-11(4-2,20-10-8-6-5-7-9-10)12(13,21(14,15)16)22(17,18)19/h5-9,13H,3-4H2,1-2H3,(H2,14,15,16)(H2,17,18,19). The van der Waals surface area contributed by atoms with Crippen LogP contribution in [0.4, 0.5) is 0 Å².